The lowest BCUT2D eigenvalue weighted by Crippen LogP contribution is -2.43. The molecule has 1 aromatic carbocycles. The molecule has 5 nitrogen and oxygen atoms in total. The number of carbonyl (C=O) groups excluding carboxylic acids is 1. The topological polar surface area (TPSA) is 47.6 Å². The Balaban J connectivity index is 1.45. The van der Waals surface area contributed by atoms with Crippen LogP contribution in [0.5, 0.6) is 0 Å². The zero-order valence-corrected chi connectivity index (χ0v) is 14.8. The fraction of sp³-hybridized carbons (Fsp3) is 0.632. The van der Waals surface area contributed by atoms with Gasteiger partial charge in [-0.15, -0.1) is 0 Å². The van der Waals surface area contributed by atoms with Crippen molar-refractivity contribution in [3.8, 4) is 0 Å². The van der Waals surface area contributed by atoms with Gasteiger partial charge in [-0.3, -0.25) is 9.69 Å². The van der Waals surface area contributed by atoms with Crippen molar-refractivity contribution >= 4 is 5.91 Å². The van der Waals surface area contributed by atoms with Gasteiger partial charge in [0.15, 0.2) is 0 Å². The number of likely N-dealkylation sites (N-methyl/N-ethyl adjacent to an activating group) is 1. The molecule has 0 radical (unpaired) electrons. The minimum absolute atomic E-state index is 0.0479. The molecule has 2 fully saturated rings. The number of piperazine rings is 1. The molecule has 132 valence electrons. The second kappa shape index (κ2) is 8.60. The Morgan fingerprint density at radius 1 is 1.21 bits per heavy atom. The van der Waals surface area contributed by atoms with Crippen molar-refractivity contribution in [3.05, 3.63) is 35.4 Å². The summed E-state index contributed by atoms with van der Waals surface area (Å²) >= 11 is 0. The fourth-order valence-electron chi connectivity index (χ4n) is 3.46. The Bertz CT molecular complexity index is 517. The lowest BCUT2D eigenvalue weighted by atomic mass is 9.99. The van der Waals surface area contributed by atoms with E-state index < -0.39 is 0 Å². The first-order valence-corrected chi connectivity index (χ1v) is 9.19. The molecule has 0 bridgehead atoms. The summed E-state index contributed by atoms with van der Waals surface area (Å²) in [5.41, 5.74) is 2.05. The maximum atomic E-state index is 12.3. The molecule has 1 unspecified atom stereocenters. The molecule has 2 aliphatic heterocycles. The zero-order valence-electron chi connectivity index (χ0n) is 14.8. The zero-order chi connectivity index (χ0) is 16.8. The number of hydrogen-bond donors (Lipinski definition) is 2. The molecule has 2 N–H and O–H groups in total. The van der Waals surface area contributed by atoms with Gasteiger partial charge in [-0.05, 0) is 56.6 Å². The van der Waals surface area contributed by atoms with Crippen molar-refractivity contribution in [2.75, 3.05) is 52.9 Å². The number of nitrogens with one attached hydrogen (secondary N) is 2. The van der Waals surface area contributed by atoms with E-state index in [1.165, 1.54) is 18.4 Å². The minimum atomic E-state index is 0.0479. The Kier molecular flexibility index (Phi) is 6.24. The molecule has 1 atom stereocenters. The van der Waals surface area contributed by atoms with Gasteiger partial charge >= 0.3 is 0 Å². The average Bonchev–Trinajstić information content (AvgIpc) is 2.63. The van der Waals surface area contributed by atoms with Crippen molar-refractivity contribution in [2.45, 2.75) is 19.4 Å². The molecule has 0 aromatic heterocycles. The smallest absolute Gasteiger partial charge is 0.251 e. The van der Waals surface area contributed by atoms with Crippen LogP contribution in [-0.4, -0.2) is 68.6 Å². The molecule has 24 heavy (non-hydrogen) atoms. The normalized spacial score (nSPS) is 23.1. The monoisotopic (exact) mass is 330 g/mol. The highest BCUT2D eigenvalue weighted by molar-refractivity contribution is 5.94. The molecule has 1 amide bonds. The van der Waals surface area contributed by atoms with Crippen LogP contribution in [0.3, 0.4) is 0 Å². The van der Waals surface area contributed by atoms with Crippen LogP contribution in [0.2, 0.25) is 0 Å². The number of carbonyl (C=O) groups is 1. The largest absolute Gasteiger partial charge is 0.352 e. The van der Waals surface area contributed by atoms with E-state index >= 15 is 0 Å². The van der Waals surface area contributed by atoms with Gasteiger partial charge in [0.1, 0.15) is 0 Å². The average molecular weight is 330 g/mol. The lowest BCUT2D eigenvalue weighted by molar-refractivity contribution is 0.0945. The first-order chi connectivity index (χ1) is 11.7. The molecule has 2 saturated heterocycles. The summed E-state index contributed by atoms with van der Waals surface area (Å²) in [5.74, 6) is 0.617. The maximum Gasteiger partial charge on any atom is 0.251 e. The molecule has 0 aliphatic carbocycles. The van der Waals surface area contributed by atoms with Gasteiger partial charge in [-0.2, -0.15) is 0 Å². The summed E-state index contributed by atoms with van der Waals surface area (Å²) in [6.45, 7) is 8.39. The Morgan fingerprint density at radius 2 is 1.96 bits per heavy atom. The molecule has 3 rings (SSSR count). The number of rotatable bonds is 5. The number of benzene rings is 1. The fourth-order valence-corrected chi connectivity index (χ4v) is 3.46. The van der Waals surface area contributed by atoms with Crippen molar-refractivity contribution in [1.29, 1.82) is 0 Å². The van der Waals surface area contributed by atoms with Crippen LogP contribution in [-0.2, 0) is 6.54 Å². The molecule has 0 spiro atoms. The first kappa shape index (κ1) is 17.4. The van der Waals surface area contributed by atoms with E-state index in [4.69, 9.17) is 0 Å². The summed E-state index contributed by atoms with van der Waals surface area (Å²) in [6.07, 6.45) is 2.42. The van der Waals surface area contributed by atoms with E-state index in [1.807, 2.05) is 12.1 Å². The first-order valence-electron chi connectivity index (χ1n) is 9.19. The molecular weight excluding hydrogens is 300 g/mol. The highest BCUT2D eigenvalue weighted by atomic mass is 16.1. The molecule has 2 heterocycles. The summed E-state index contributed by atoms with van der Waals surface area (Å²) in [5, 5.41) is 6.47. The molecule has 5 heteroatoms. The third kappa shape index (κ3) is 5.03. The van der Waals surface area contributed by atoms with E-state index in [1.54, 1.807) is 0 Å². The SMILES string of the molecule is CN1CCN(Cc2ccc(C(=O)NCC3CCCNC3)cc2)CC1. The third-order valence-electron chi connectivity index (χ3n) is 5.17. The summed E-state index contributed by atoms with van der Waals surface area (Å²) in [6, 6.07) is 8.10. The van der Waals surface area contributed by atoms with Crippen LogP contribution in [0, 0.1) is 5.92 Å². The number of piperidine rings is 1. The Hall–Kier alpha value is -1.43. The Labute approximate surface area is 145 Å². The second-order valence-electron chi connectivity index (χ2n) is 7.20. The van der Waals surface area contributed by atoms with Crippen LogP contribution >= 0.6 is 0 Å². The second-order valence-corrected chi connectivity index (χ2v) is 7.20. The third-order valence-corrected chi connectivity index (χ3v) is 5.17. The van der Waals surface area contributed by atoms with Gasteiger partial charge in [0, 0.05) is 44.8 Å². The van der Waals surface area contributed by atoms with Crippen LogP contribution in [0.15, 0.2) is 24.3 Å². The summed E-state index contributed by atoms with van der Waals surface area (Å²) in [7, 11) is 2.17. The Morgan fingerprint density at radius 3 is 2.62 bits per heavy atom. The highest BCUT2D eigenvalue weighted by Crippen LogP contribution is 2.11. The number of amides is 1. The predicted octanol–water partition coefficient (Wildman–Crippen LogP) is 1.16. The standard InChI is InChI=1S/C19H30N4O/c1-22-9-11-23(12-10-22)15-16-4-6-18(7-5-16)19(24)21-14-17-3-2-8-20-13-17/h4-7,17,20H,2-3,8-15H2,1H3,(H,21,24). The van der Waals surface area contributed by atoms with E-state index in [0.717, 1.165) is 57.9 Å². The molecular formula is C19H30N4O. The van der Waals surface area contributed by atoms with Crippen LogP contribution in [0.1, 0.15) is 28.8 Å². The van der Waals surface area contributed by atoms with E-state index in [-0.39, 0.29) is 5.91 Å². The van der Waals surface area contributed by atoms with Crippen LogP contribution in [0.25, 0.3) is 0 Å². The van der Waals surface area contributed by atoms with E-state index in [0.29, 0.717) is 5.92 Å². The lowest BCUT2D eigenvalue weighted by Gasteiger charge is -2.32. The quantitative estimate of drug-likeness (QED) is 0.851. The predicted molar refractivity (Wildman–Crippen MR) is 97.1 cm³/mol. The van der Waals surface area contributed by atoms with Gasteiger partial charge in [-0.1, -0.05) is 12.1 Å². The van der Waals surface area contributed by atoms with Crippen molar-refractivity contribution in [3.63, 3.8) is 0 Å². The van der Waals surface area contributed by atoms with E-state index in [9.17, 15) is 4.79 Å². The van der Waals surface area contributed by atoms with Gasteiger partial charge in [0.25, 0.3) is 5.91 Å². The van der Waals surface area contributed by atoms with Crippen molar-refractivity contribution in [2.24, 2.45) is 5.92 Å². The molecule has 1 aromatic rings. The molecule has 0 saturated carbocycles. The summed E-state index contributed by atoms with van der Waals surface area (Å²) in [4.78, 5) is 17.1. The van der Waals surface area contributed by atoms with E-state index in [2.05, 4.69) is 39.6 Å². The van der Waals surface area contributed by atoms with Gasteiger partial charge in [-0.25, -0.2) is 0 Å². The van der Waals surface area contributed by atoms with Gasteiger partial charge in [0.05, 0.1) is 0 Å². The summed E-state index contributed by atoms with van der Waals surface area (Å²) < 4.78 is 0. The molecule has 2 aliphatic rings. The van der Waals surface area contributed by atoms with Gasteiger partial charge < -0.3 is 15.5 Å². The highest BCUT2D eigenvalue weighted by Gasteiger charge is 2.16. The maximum absolute atomic E-state index is 12.3. The number of nitrogens with zero attached hydrogens (tertiary/aromatic N) is 2. The van der Waals surface area contributed by atoms with Gasteiger partial charge in [0.2, 0.25) is 0 Å². The minimum Gasteiger partial charge on any atom is -0.352 e. The van der Waals surface area contributed by atoms with Crippen molar-refractivity contribution in [1.82, 2.24) is 20.4 Å². The number of hydrogen-bond acceptors (Lipinski definition) is 4. The van der Waals surface area contributed by atoms with Crippen LogP contribution < -0.4 is 10.6 Å². The van der Waals surface area contributed by atoms with Crippen molar-refractivity contribution < 1.29 is 4.79 Å². The van der Waals surface area contributed by atoms with Crippen LogP contribution in [0.4, 0.5) is 0 Å².